The van der Waals surface area contributed by atoms with E-state index in [0.717, 1.165) is 10.6 Å². The zero-order valence-electron chi connectivity index (χ0n) is 17.5. The van der Waals surface area contributed by atoms with Crippen LogP contribution < -0.4 is 16.4 Å². The van der Waals surface area contributed by atoms with E-state index >= 15 is 0 Å². The van der Waals surface area contributed by atoms with Crippen LogP contribution in [-0.4, -0.2) is 26.6 Å². The number of amides is 2. The van der Waals surface area contributed by atoms with Gasteiger partial charge in [0.1, 0.15) is 11.2 Å². The first-order valence-corrected chi connectivity index (χ1v) is 9.85. The molecule has 4 aromatic rings. The average molecular weight is 470 g/mol. The van der Waals surface area contributed by atoms with Crippen molar-refractivity contribution in [3.63, 3.8) is 0 Å². The summed E-state index contributed by atoms with van der Waals surface area (Å²) in [7, 11) is 1.41. The van der Waals surface area contributed by atoms with E-state index < -0.39 is 29.1 Å². The van der Waals surface area contributed by atoms with E-state index in [4.69, 9.17) is 5.21 Å². The van der Waals surface area contributed by atoms with Crippen molar-refractivity contribution in [2.24, 2.45) is 7.05 Å². The number of halogens is 3. The number of carbonyl (C=O) groups is 2. The third-order valence-electron chi connectivity index (χ3n) is 5.24. The van der Waals surface area contributed by atoms with Gasteiger partial charge in [-0.25, -0.2) is 5.48 Å². The zero-order chi connectivity index (χ0) is 24.6. The van der Waals surface area contributed by atoms with Gasteiger partial charge in [0.15, 0.2) is 0 Å². The van der Waals surface area contributed by atoms with Gasteiger partial charge in [0, 0.05) is 35.4 Å². The molecule has 0 aliphatic heterocycles. The van der Waals surface area contributed by atoms with E-state index in [0.29, 0.717) is 5.69 Å². The van der Waals surface area contributed by atoms with E-state index in [9.17, 15) is 27.6 Å². The van der Waals surface area contributed by atoms with Crippen LogP contribution in [0.25, 0.3) is 22.0 Å². The largest absolute Gasteiger partial charge is 0.417 e. The molecular weight excluding hydrogens is 453 g/mol. The van der Waals surface area contributed by atoms with Crippen LogP contribution in [0.15, 0.2) is 65.6 Å². The van der Waals surface area contributed by atoms with Crippen molar-refractivity contribution < 1.29 is 28.0 Å². The van der Waals surface area contributed by atoms with Gasteiger partial charge in [-0.15, -0.1) is 0 Å². The molecule has 4 rings (SSSR count). The number of carbonyl (C=O) groups excluding carboxylic acids is 2. The summed E-state index contributed by atoms with van der Waals surface area (Å²) < 4.78 is 42.0. The maximum Gasteiger partial charge on any atom is 0.417 e. The highest BCUT2D eigenvalue weighted by atomic mass is 19.4. The summed E-state index contributed by atoms with van der Waals surface area (Å²) in [6.45, 7) is 0. The molecule has 2 amide bonds. The van der Waals surface area contributed by atoms with Crippen LogP contribution >= 0.6 is 0 Å². The lowest BCUT2D eigenvalue weighted by atomic mass is 9.98. The lowest BCUT2D eigenvalue weighted by Gasteiger charge is -2.14. The Kier molecular flexibility index (Phi) is 5.71. The normalized spacial score (nSPS) is 11.4. The molecule has 0 bridgehead atoms. The van der Waals surface area contributed by atoms with Crippen LogP contribution in [0, 0.1) is 0 Å². The third-order valence-corrected chi connectivity index (χ3v) is 5.24. The Morgan fingerprint density at radius 3 is 2.32 bits per heavy atom. The highest BCUT2D eigenvalue weighted by Crippen LogP contribution is 2.39. The minimum absolute atomic E-state index is 0.0166. The molecule has 8 nitrogen and oxygen atoms in total. The SMILES string of the molecule is Cn1cc(-c2ccccc2C(F)(F)F)c2cc(C(=O)Nc3ccc(C(=O)NO)cc3)[nH]c2c1=O. The molecule has 4 N–H and O–H groups in total. The van der Waals surface area contributed by atoms with Gasteiger partial charge < -0.3 is 14.9 Å². The van der Waals surface area contributed by atoms with Crippen LogP contribution in [0.5, 0.6) is 0 Å². The average Bonchev–Trinajstić information content (AvgIpc) is 3.27. The molecular formula is C23H17F3N4O4. The summed E-state index contributed by atoms with van der Waals surface area (Å²) in [4.78, 5) is 39.5. The molecule has 0 spiro atoms. The Bertz CT molecular complexity index is 1470. The van der Waals surface area contributed by atoms with Gasteiger partial charge >= 0.3 is 6.18 Å². The molecule has 0 fully saturated rings. The molecule has 0 unspecified atom stereocenters. The Balaban J connectivity index is 1.76. The van der Waals surface area contributed by atoms with Gasteiger partial charge in [-0.05, 0) is 42.0 Å². The highest BCUT2D eigenvalue weighted by Gasteiger charge is 2.34. The fourth-order valence-electron chi connectivity index (χ4n) is 3.60. The molecule has 0 radical (unpaired) electrons. The number of rotatable bonds is 4. The number of alkyl halides is 3. The molecule has 0 atom stereocenters. The summed E-state index contributed by atoms with van der Waals surface area (Å²) in [5, 5.41) is 11.4. The predicted molar refractivity (Wildman–Crippen MR) is 118 cm³/mol. The van der Waals surface area contributed by atoms with Crippen LogP contribution in [0.2, 0.25) is 0 Å². The maximum atomic E-state index is 13.6. The molecule has 2 aromatic heterocycles. The van der Waals surface area contributed by atoms with Crippen molar-refractivity contribution in [2.45, 2.75) is 6.18 Å². The van der Waals surface area contributed by atoms with Gasteiger partial charge in [0.25, 0.3) is 17.4 Å². The molecule has 0 saturated carbocycles. The van der Waals surface area contributed by atoms with Crippen LogP contribution in [-0.2, 0) is 13.2 Å². The standard InChI is InChI=1S/C23H17F3N4O4/c1-30-11-16(14-4-2-3-5-17(14)23(24,25)26)15-10-18(28-19(15)22(30)33)21(32)27-13-8-6-12(7-9-13)20(31)29-34/h2-11,28,34H,1H3,(H,27,32)(H,29,31). The minimum Gasteiger partial charge on any atom is -0.346 e. The summed E-state index contributed by atoms with van der Waals surface area (Å²) >= 11 is 0. The van der Waals surface area contributed by atoms with Crippen molar-refractivity contribution in [1.82, 2.24) is 15.0 Å². The first kappa shape index (κ1) is 22.8. The lowest BCUT2D eigenvalue weighted by Crippen LogP contribution is -2.18. The molecule has 2 heterocycles. The van der Waals surface area contributed by atoms with Crippen LogP contribution in [0.1, 0.15) is 26.4 Å². The number of hydrogen-bond donors (Lipinski definition) is 4. The van der Waals surface area contributed by atoms with E-state index in [1.807, 2.05) is 0 Å². The summed E-state index contributed by atoms with van der Waals surface area (Å²) in [6.07, 6.45) is -3.32. The Morgan fingerprint density at radius 2 is 1.68 bits per heavy atom. The second-order valence-corrected chi connectivity index (χ2v) is 7.45. The van der Waals surface area contributed by atoms with Gasteiger partial charge in [0.05, 0.1) is 5.56 Å². The van der Waals surface area contributed by atoms with Crippen molar-refractivity contribution in [3.8, 4) is 11.1 Å². The zero-order valence-corrected chi connectivity index (χ0v) is 17.5. The fourth-order valence-corrected chi connectivity index (χ4v) is 3.60. The summed E-state index contributed by atoms with van der Waals surface area (Å²) in [6, 6.07) is 11.9. The van der Waals surface area contributed by atoms with Gasteiger partial charge in [0.2, 0.25) is 0 Å². The number of aromatic amines is 1. The molecule has 0 aliphatic rings. The second kappa shape index (κ2) is 8.52. The van der Waals surface area contributed by atoms with Gasteiger partial charge in [-0.2, -0.15) is 13.2 Å². The number of nitrogens with zero attached hydrogens (tertiary/aromatic N) is 1. The van der Waals surface area contributed by atoms with Gasteiger partial charge in [-0.1, -0.05) is 18.2 Å². The van der Waals surface area contributed by atoms with E-state index in [1.54, 1.807) is 0 Å². The number of fused-ring (bicyclic) bond motifs is 1. The third kappa shape index (κ3) is 4.16. The highest BCUT2D eigenvalue weighted by molar-refractivity contribution is 6.08. The fraction of sp³-hybridized carbons (Fsp3) is 0.0870. The minimum atomic E-state index is -4.62. The monoisotopic (exact) mass is 470 g/mol. The number of aromatic nitrogens is 2. The Morgan fingerprint density at radius 1 is 1.00 bits per heavy atom. The number of aryl methyl sites for hydroxylation is 1. The molecule has 174 valence electrons. The first-order valence-electron chi connectivity index (χ1n) is 9.85. The number of anilines is 1. The topological polar surface area (TPSA) is 116 Å². The number of H-pyrrole nitrogens is 1. The summed E-state index contributed by atoms with van der Waals surface area (Å²) in [5.74, 6) is -1.37. The number of hydroxylamine groups is 1. The first-order chi connectivity index (χ1) is 16.1. The second-order valence-electron chi connectivity index (χ2n) is 7.45. The quantitative estimate of drug-likeness (QED) is 0.267. The van der Waals surface area contributed by atoms with Crippen LogP contribution in [0.4, 0.5) is 18.9 Å². The number of benzene rings is 2. The van der Waals surface area contributed by atoms with Crippen molar-refractivity contribution in [2.75, 3.05) is 5.32 Å². The van der Waals surface area contributed by atoms with Crippen LogP contribution in [0.3, 0.4) is 0 Å². The number of hydrogen-bond acceptors (Lipinski definition) is 4. The smallest absolute Gasteiger partial charge is 0.346 e. The number of nitrogens with one attached hydrogen (secondary N) is 3. The number of pyridine rings is 1. The van der Waals surface area contributed by atoms with Crippen molar-refractivity contribution >= 4 is 28.4 Å². The lowest BCUT2D eigenvalue weighted by molar-refractivity contribution is -0.137. The van der Waals surface area contributed by atoms with E-state index in [-0.39, 0.29) is 33.3 Å². The van der Waals surface area contributed by atoms with Crippen molar-refractivity contribution in [3.05, 3.63) is 88.0 Å². The van der Waals surface area contributed by atoms with E-state index in [2.05, 4.69) is 10.3 Å². The van der Waals surface area contributed by atoms with Crippen molar-refractivity contribution in [1.29, 1.82) is 0 Å². The Labute approximate surface area is 189 Å². The summed E-state index contributed by atoms with van der Waals surface area (Å²) in [5.41, 5.74) is 0.536. The molecule has 2 aromatic carbocycles. The van der Waals surface area contributed by atoms with E-state index in [1.165, 1.54) is 67.3 Å². The molecule has 0 saturated heterocycles. The molecule has 34 heavy (non-hydrogen) atoms. The predicted octanol–water partition coefficient (Wildman–Crippen LogP) is 3.92. The van der Waals surface area contributed by atoms with Gasteiger partial charge in [-0.3, -0.25) is 19.6 Å². The Hall–Kier alpha value is -4.38. The molecule has 11 heteroatoms. The molecule has 0 aliphatic carbocycles. The maximum absolute atomic E-state index is 13.6.